The van der Waals surface area contributed by atoms with Crippen LogP contribution >= 0.6 is 0 Å². The number of likely N-dealkylation sites (tertiary alicyclic amines) is 1. The lowest BCUT2D eigenvalue weighted by Crippen LogP contribution is -2.43. The van der Waals surface area contributed by atoms with Gasteiger partial charge in [0.05, 0.1) is 19.5 Å². The van der Waals surface area contributed by atoms with Crippen molar-refractivity contribution in [3.63, 3.8) is 0 Å². The van der Waals surface area contributed by atoms with E-state index in [1.165, 1.54) is 61.9 Å². The van der Waals surface area contributed by atoms with Gasteiger partial charge in [-0.1, -0.05) is 61.0 Å². The minimum atomic E-state index is 0.379. The van der Waals surface area contributed by atoms with Crippen molar-refractivity contribution >= 4 is 0 Å². The van der Waals surface area contributed by atoms with Gasteiger partial charge in [-0.15, -0.1) is 0 Å². The third kappa shape index (κ3) is 6.24. The van der Waals surface area contributed by atoms with Crippen molar-refractivity contribution in [3.8, 4) is 11.1 Å². The number of nitrogens with zero attached hydrogens (tertiary/aromatic N) is 1. The molecule has 0 N–H and O–H groups in total. The third-order valence-corrected chi connectivity index (χ3v) is 7.22. The summed E-state index contributed by atoms with van der Waals surface area (Å²) in [7, 11) is 1.73. The van der Waals surface area contributed by atoms with Crippen molar-refractivity contribution in [2.75, 3.05) is 26.8 Å². The van der Waals surface area contributed by atoms with Crippen LogP contribution in [0.3, 0.4) is 0 Å². The topological polar surface area (TPSA) is 21.7 Å². The lowest BCUT2D eigenvalue weighted by molar-refractivity contribution is 0.00875. The second-order valence-electron chi connectivity index (χ2n) is 9.32. The highest BCUT2D eigenvalue weighted by atomic mass is 16.5. The van der Waals surface area contributed by atoms with Gasteiger partial charge in [0.1, 0.15) is 0 Å². The highest BCUT2D eigenvalue weighted by molar-refractivity contribution is 5.63. The van der Waals surface area contributed by atoms with Gasteiger partial charge in [-0.05, 0) is 80.8 Å². The summed E-state index contributed by atoms with van der Waals surface area (Å²) >= 11 is 0. The number of ether oxygens (including phenoxy) is 2. The first-order chi connectivity index (χ1) is 15.8. The molecule has 1 aliphatic carbocycles. The van der Waals surface area contributed by atoms with E-state index in [4.69, 9.17) is 9.47 Å². The fraction of sp³-hybridized carbons (Fsp3) is 0.517. The van der Waals surface area contributed by atoms with Crippen molar-refractivity contribution < 1.29 is 9.47 Å². The Morgan fingerprint density at radius 3 is 2.41 bits per heavy atom. The van der Waals surface area contributed by atoms with Crippen LogP contribution in [0.2, 0.25) is 0 Å². The molecule has 2 aromatic carbocycles. The zero-order chi connectivity index (χ0) is 22.0. The van der Waals surface area contributed by atoms with Crippen LogP contribution in [0.4, 0.5) is 0 Å². The van der Waals surface area contributed by atoms with Crippen LogP contribution in [0.15, 0.2) is 66.9 Å². The molecule has 0 spiro atoms. The Kier molecular flexibility index (Phi) is 8.81. The molecule has 0 unspecified atom stereocenters. The van der Waals surface area contributed by atoms with Crippen molar-refractivity contribution in [3.05, 3.63) is 72.5 Å². The summed E-state index contributed by atoms with van der Waals surface area (Å²) in [5.41, 5.74) is 3.96. The van der Waals surface area contributed by atoms with E-state index in [-0.39, 0.29) is 0 Å². The summed E-state index contributed by atoms with van der Waals surface area (Å²) in [5.74, 6) is 0.588. The molecule has 172 valence electrons. The third-order valence-electron chi connectivity index (χ3n) is 7.22. The van der Waals surface area contributed by atoms with Gasteiger partial charge in [-0.25, -0.2) is 0 Å². The van der Waals surface area contributed by atoms with E-state index in [1.807, 2.05) is 6.26 Å². The van der Waals surface area contributed by atoms with Gasteiger partial charge in [0.25, 0.3) is 0 Å². The van der Waals surface area contributed by atoms with E-state index in [1.54, 1.807) is 7.11 Å². The first-order valence-electron chi connectivity index (χ1n) is 12.5. The molecule has 1 aliphatic heterocycles. The molecule has 3 nitrogen and oxygen atoms in total. The largest absolute Gasteiger partial charge is 0.505 e. The van der Waals surface area contributed by atoms with Crippen LogP contribution in [0.5, 0.6) is 0 Å². The number of aryl methyl sites for hydroxylation is 1. The molecule has 32 heavy (non-hydrogen) atoms. The molecule has 0 aromatic heterocycles. The molecule has 2 aliphatic rings. The van der Waals surface area contributed by atoms with Crippen LogP contribution < -0.4 is 0 Å². The summed E-state index contributed by atoms with van der Waals surface area (Å²) < 4.78 is 11.6. The number of rotatable bonds is 10. The molecule has 4 rings (SSSR count). The molecular weight excluding hydrogens is 394 g/mol. The Labute approximate surface area is 194 Å². The number of benzene rings is 2. The summed E-state index contributed by atoms with van der Waals surface area (Å²) in [6.45, 7) is 3.38. The van der Waals surface area contributed by atoms with Crippen LogP contribution in [-0.2, 0) is 15.9 Å². The first kappa shape index (κ1) is 23.1. The number of methoxy groups -OCH3 is 1. The molecule has 1 saturated carbocycles. The average molecular weight is 434 g/mol. The number of allylic oxidation sites excluding steroid dienone is 1. The first-order valence-corrected chi connectivity index (χ1v) is 12.5. The smallest absolute Gasteiger partial charge is 0.0784 e. The Balaban J connectivity index is 1.26. The van der Waals surface area contributed by atoms with Gasteiger partial charge in [-0.3, -0.25) is 0 Å². The maximum Gasteiger partial charge on any atom is 0.0784 e. The zero-order valence-electron chi connectivity index (χ0n) is 19.6. The molecule has 3 atom stereocenters. The predicted molar refractivity (Wildman–Crippen MR) is 133 cm³/mol. The highest BCUT2D eigenvalue weighted by Crippen LogP contribution is 2.36. The molecule has 0 radical (unpaired) electrons. The van der Waals surface area contributed by atoms with Gasteiger partial charge in [0.2, 0.25) is 0 Å². The number of hydrogen-bond donors (Lipinski definition) is 0. The van der Waals surface area contributed by atoms with Crippen molar-refractivity contribution in [2.24, 2.45) is 5.92 Å². The van der Waals surface area contributed by atoms with Crippen LogP contribution in [-0.4, -0.2) is 43.9 Å². The highest BCUT2D eigenvalue weighted by Gasteiger charge is 2.39. The SMILES string of the molecule is COC=CC[C@H]1[C@H](N2CCCCC2)CC[C@H]1OCCCc1ccc(-c2ccccc2)cc1. The molecular formula is C29H39NO2. The maximum atomic E-state index is 6.48. The summed E-state index contributed by atoms with van der Waals surface area (Å²) in [4.78, 5) is 2.74. The van der Waals surface area contributed by atoms with Crippen molar-refractivity contribution in [1.82, 2.24) is 4.90 Å². The van der Waals surface area contributed by atoms with Crippen LogP contribution in [0, 0.1) is 5.92 Å². The predicted octanol–water partition coefficient (Wildman–Crippen LogP) is 6.49. The fourth-order valence-corrected chi connectivity index (χ4v) is 5.54. The Hall–Kier alpha value is -2.10. The quantitative estimate of drug-likeness (QED) is 0.316. The van der Waals surface area contributed by atoms with Crippen LogP contribution in [0.25, 0.3) is 11.1 Å². The minimum Gasteiger partial charge on any atom is -0.505 e. The Morgan fingerprint density at radius 1 is 0.906 bits per heavy atom. The number of piperidine rings is 1. The normalized spacial score (nSPS) is 24.2. The van der Waals surface area contributed by atoms with E-state index < -0.39 is 0 Å². The summed E-state index contributed by atoms with van der Waals surface area (Å²) in [5, 5.41) is 0. The average Bonchev–Trinajstić information content (AvgIpc) is 3.26. The van der Waals surface area contributed by atoms with Gasteiger partial charge >= 0.3 is 0 Å². The standard InChI is InChI=1S/C29H39NO2/c1-31-22-9-13-27-28(30-20-6-3-7-21-30)18-19-29(27)32-23-8-10-24-14-16-26(17-15-24)25-11-4-2-5-12-25/h2,4-5,9,11-12,14-17,22,27-29H,3,6-8,10,13,18-21,23H2,1H3/t27-,28+,29+/m0/s1. The minimum absolute atomic E-state index is 0.379. The van der Waals surface area contributed by atoms with E-state index in [9.17, 15) is 0 Å². The van der Waals surface area contributed by atoms with Gasteiger partial charge < -0.3 is 14.4 Å². The molecule has 2 aromatic rings. The summed E-state index contributed by atoms with van der Waals surface area (Å²) in [6, 6.07) is 20.3. The van der Waals surface area contributed by atoms with Crippen molar-refractivity contribution in [2.45, 2.75) is 63.5 Å². The van der Waals surface area contributed by atoms with Crippen molar-refractivity contribution in [1.29, 1.82) is 0 Å². The molecule has 2 fully saturated rings. The second kappa shape index (κ2) is 12.2. The summed E-state index contributed by atoms with van der Waals surface area (Å²) in [6.07, 6.45) is 14.2. The molecule has 0 amide bonds. The van der Waals surface area contributed by atoms with Gasteiger partial charge in [0, 0.05) is 18.6 Å². The van der Waals surface area contributed by atoms with Crippen LogP contribution in [0.1, 0.15) is 50.5 Å². The van der Waals surface area contributed by atoms with E-state index in [2.05, 4.69) is 65.6 Å². The fourth-order valence-electron chi connectivity index (χ4n) is 5.54. The van der Waals surface area contributed by atoms with E-state index in [0.717, 1.165) is 25.9 Å². The maximum absolute atomic E-state index is 6.48. The Bertz CT molecular complexity index is 811. The lowest BCUT2D eigenvalue weighted by atomic mass is 9.94. The van der Waals surface area contributed by atoms with Gasteiger partial charge in [-0.2, -0.15) is 0 Å². The Morgan fingerprint density at radius 2 is 1.66 bits per heavy atom. The lowest BCUT2D eigenvalue weighted by Gasteiger charge is -2.36. The molecule has 0 bridgehead atoms. The zero-order valence-corrected chi connectivity index (χ0v) is 19.6. The number of hydrogen-bond acceptors (Lipinski definition) is 3. The van der Waals surface area contributed by atoms with Gasteiger partial charge in [0.15, 0.2) is 0 Å². The molecule has 1 heterocycles. The molecule has 1 saturated heterocycles. The second-order valence-corrected chi connectivity index (χ2v) is 9.32. The molecule has 3 heteroatoms. The monoisotopic (exact) mass is 433 g/mol. The van der Waals surface area contributed by atoms with E-state index >= 15 is 0 Å². The van der Waals surface area contributed by atoms with E-state index in [0.29, 0.717) is 18.1 Å².